The second-order valence-corrected chi connectivity index (χ2v) is 6.34. The highest BCUT2D eigenvalue weighted by Crippen LogP contribution is 2.18. The van der Waals surface area contributed by atoms with E-state index >= 15 is 0 Å². The van der Waals surface area contributed by atoms with Crippen LogP contribution in [0.3, 0.4) is 0 Å². The lowest BCUT2D eigenvalue weighted by Gasteiger charge is -2.07. The number of ether oxygens (including phenoxy) is 3. The summed E-state index contributed by atoms with van der Waals surface area (Å²) in [6, 6.07) is 22.7. The first kappa shape index (κ1) is 19.5. The first-order valence-corrected chi connectivity index (χ1v) is 9.35. The van der Waals surface area contributed by atoms with Crippen molar-refractivity contribution >= 4 is 5.97 Å². The summed E-state index contributed by atoms with van der Waals surface area (Å²) in [6.07, 6.45) is 1.86. The molecule has 28 heavy (non-hydrogen) atoms. The maximum atomic E-state index is 12.2. The summed E-state index contributed by atoms with van der Waals surface area (Å²) in [5.41, 5.74) is 2.94. The zero-order valence-corrected chi connectivity index (χ0v) is 16.2. The van der Waals surface area contributed by atoms with Crippen molar-refractivity contribution in [2.75, 3.05) is 13.7 Å². The average molecular weight is 376 g/mol. The van der Waals surface area contributed by atoms with Gasteiger partial charge in [-0.15, -0.1) is 0 Å². The summed E-state index contributed by atoms with van der Waals surface area (Å²) in [6.45, 7) is 2.65. The molecule has 4 nitrogen and oxygen atoms in total. The van der Waals surface area contributed by atoms with E-state index in [2.05, 4.69) is 12.1 Å². The molecule has 0 fully saturated rings. The SMILES string of the molecule is CCOc1ccc(CCc2ccc(OC(=O)c3ccc(OC)cc3)cc2)cc1. The summed E-state index contributed by atoms with van der Waals surface area (Å²) in [4.78, 5) is 12.2. The lowest BCUT2D eigenvalue weighted by molar-refractivity contribution is 0.0734. The van der Waals surface area contributed by atoms with Gasteiger partial charge < -0.3 is 14.2 Å². The van der Waals surface area contributed by atoms with Crippen molar-refractivity contribution in [3.63, 3.8) is 0 Å². The maximum absolute atomic E-state index is 12.2. The van der Waals surface area contributed by atoms with Gasteiger partial charge in [0.05, 0.1) is 19.3 Å². The molecule has 0 heterocycles. The van der Waals surface area contributed by atoms with Crippen LogP contribution in [0.1, 0.15) is 28.4 Å². The van der Waals surface area contributed by atoms with Crippen molar-refractivity contribution in [2.24, 2.45) is 0 Å². The van der Waals surface area contributed by atoms with Crippen molar-refractivity contribution in [1.82, 2.24) is 0 Å². The predicted molar refractivity (Wildman–Crippen MR) is 109 cm³/mol. The van der Waals surface area contributed by atoms with Crippen LogP contribution in [0, 0.1) is 0 Å². The lowest BCUT2D eigenvalue weighted by Crippen LogP contribution is -2.08. The third-order valence-electron chi connectivity index (χ3n) is 4.40. The molecule has 3 aromatic rings. The normalized spacial score (nSPS) is 10.4. The molecule has 0 atom stereocenters. The second-order valence-electron chi connectivity index (χ2n) is 6.34. The Morgan fingerprint density at radius 1 is 0.714 bits per heavy atom. The van der Waals surface area contributed by atoms with Gasteiger partial charge in [-0.2, -0.15) is 0 Å². The van der Waals surface area contributed by atoms with Crippen LogP contribution in [0.15, 0.2) is 72.8 Å². The van der Waals surface area contributed by atoms with Gasteiger partial charge in [-0.1, -0.05) is 24.3 Å². The van der Waals surface area contributed by atoms with E-state index in [-0.39, 0.29) is 5.97 Å². The van der Waals surface area contributed by atoms with Crippen LogP contribution in [0.2, 0.25) is 0 Å². The Hall–Kier alpha value is -3.27. The van der Waals surface area contributed by atoms with E-state index < -0.39 is 0 Å². The fraction of sp³-hybridized carbons (Fsp3) is 0.208. The standard InChI is InChI=1S/C24H24O4/c1-3-27-22-12-6-18(7-13-22)4-5-19-8-14-23(15-9-19)28-24(25)20-10-16-21(26-2)17-11-20/h6-17H,3-5H2,1-2H3. The van der Waals surface area contributed by atoms with Gasteiger partial charge in [0.25, 0.3) is 0 Å². The molecule has 0 unspecified atom stereocenters. The minimum absolute atomic E-state index is 0.384. The minimum Gasteiger partial charge on any atom is -0.497 e. The first-order chi connectivity index (χ1) is 13.7. The topological polar surface area (TPSA) is 44.8 Å². The highest BCUT2D eigenvalue weighted by Gasteiger charge is 2.09. The Kier molecular flexibility index (Phi) is 6.68. The molecule has 3 aromatic carbocycles. The van der Waals surface area contributed by atoms with Crippen molar-refractivity contribution in [2.45, 2.75) is 19.8 Å². The van der Waals surface area contributed by atoms with Crippen LogP contribution in [0.25, 0.3) is 0 Å². The van der Waals surface area contributed by atoms with E-state index in [1.165, 1.54) is 11.1 Å². The highest BCUT2D eigenvalue weighted by molar-refractivity contribution is 5.91. The van der Waals surface area contributed by atoms with E-state index in [4.69, 9.17) is 14.2 Å². The molecule has 0 aliphatic heterocycles. The number of aryl methyl sites for hydroxylation is 2. The maximum Gasteiger partial charge on any atom is 0.343 e. The Morgan fingerprint density at radius 3 is 1.71 bits per heavy atom. The number of esters is 1. The quantitative estimate of drug-likeness (QED) is 0.405. The van der Waals surface area contributed by atoms with Gasteiger partial charge in [0.15, 0.2) is 0 Å². The molecule has 4 heteroatoms. The van der Waals surface area contributed by atoms with Gasteiger partial charge in [-0.3, -0.25) is 0 Å². The van der Waals surface area contributed by atoms with Crippen LogP contribution < -0.4 is 14.2 Å². The average Bonchev–Trinajstić information content (AvgIpc) is 2.74. The molecule has 0 amide bonds. The second kappa shape index (κ2) is 9.60. The van der Waals surface area contributed by atoms with Crippen LogP contribution in [0.5, 0.6) is 17.2 Å². The van der Waals surface area contributed by atoms with E-state index in [1.54, 1.807) is 31.4 Å². The van der Waals surface area contributed by atoms with Crippen molar-refractivity contribution in [3.05, 3.63) is 89.5 Å². The summed E-state index contributed by atoms with van der Waals surface area (Å²) >= 11 is 0. The zero-order chi connectivity index (χ0) is 19.8. The molecule has 3 rings (SSSR count). The molecule has 0 aromatic heterocycles. The molecule has 0 N–H and O–H groups in total. The van der Waals surface area contributed by atoms with Gasteiger partial charge in [-0.25, -0.2) is 4.79 Å². The van der Waals surface area contributed by atoms with Crippen molar-refractivity contribution in [1.29, 1.82) is 0 Å². The largest absolute Gasteiger partial charge is 0.497 e. The minimum atomic E-state index is -0.384. The molecular weight excluding hydrogens is 352 g/mol. The van der Waals surface area contributed by atoms with Gasteiger partial charge >= 0.3 is 5.97 Å². The number of carbonyl (C=O) groups excluding carboxylic acids is 1. The molecule has 0 aliphatic rings. The fourth-order valence-electron chi connectivity index (χ4n) is 2.82. The first-order valence-electron chi connectivity index (χ1n) is 9.35. The molecule has 0 radical (unpaired) electrons. The smallest absolute Gasteiger partial charge is 0.343 e. The van der Waals surface area contributed by atoms with Crippen LogP contribution in [-0.4, -0.2) is 19.7 Å². The monoisotopic (exact) mass is 376 g/mol. The summed E-state index contributed by atoms with van der Waals surface area (Å²) in [5, 5.41) is 0. The van der Waals surface area contributed by atoms with E-state index in [9.17, 15) is 4.79 Å². The highest BCUT2D eigenvalue weighted by atomic mass is 16.5. The Labute approximate surface area is 165 Å². The van der Waals surface area contributed by atoms with E-state index in [1.807, 2.05) is 43.3 Å². The third-order valence-corrected chi connectivity index (χ3v) is 4.40. The number of hydrogen-bond donors (Lipinski definition) is 0. The number of methoxy groups -OCH3 is 1. The summed E-state index contributed by atoms with van der Waals surface area (Å²) < 4.78 is 16.0. The Morgan fingerprint density at radius 2 is 1.21 bits per heavy atom. The molecule has 0 saturated carbocycles. The molecule has 0 aliphatic carbocycles. The van der Waals surface area contributed by atoms with Gasteiger partial charge in [0, 0.05) is 0 Å². The van der Waals surface area contributed by atoms with Crippen LogP contribution in [-0.2, 0) is 12.8 Å². The van der Waals surface area contributed by atoms with Gasteiger partial charge in [0.1, 0.15) is 17.2 Å². The number of rotatable bonds is 8. The molecule has 144 valence electrons. The van der Waals surface area contributed by atoms with Crippen molar-refractivity contribution < 1.29 is 19.0 Å². The van der Waals surface area contributed by atoms with Gasteiger partial charge in [-0.05, 0) is 79.4 Å². The number of carbonyl (C=O) groups is 1. The molecule has 0 bridgehead atoms. The van der Waals surface area contributed by atoms with Crippen molar-refractivity contribution in [3.8, 4) is 17.2 Å². The number of benzene rings is 3. The summed E-state index contributed by atoms with van der Waals surface area (Å²) in [5.74, 6) is 1.75. The Bertz CT molecular complexity index is 881. The molecular formula is C24H24O4. The van der Waals surface area contributed by atoms with Crippen LogP contribution >= 0.6 is 0 Å². The summed E-state index contributed by atoms with van der Waals surface area (Å²) in [7, 11) is 1.59. The number of hydrogen-bond acceptors (Lipinski definition) is 4. The van der Waals surface area contributed by atoms with E-state index in [0.717, 1.165) is 18.6 Å². The Balaban J connectivity index is 1.53. The van der Waals surface area contributed by atoms with E-state index in [0.29, 0.717) is 23.7 Å². The molecule has 0 saturated heterocycles. The third kappa shape index (κ3) is 5.36. The van der Waals surface area contributed by atoms with Gasteiger partial charge in [0.2, 0.25) is 0 Å². The fourth-order valence-corrected chi connectivity index (χ4v) is 2.82. The predicted octanol–water partition coefficient (Wildman–Crippen LogP) is 5.10. The molecule has 0 spiro atoms. The lowest BCUT2D eigenvalue weighted by atomic mass is 10.0. The zero-order valence-electron chi connectivity index (χ0n) is 16.2. The van der Waals surface area contributed by atoms with Crippen LogP contribution in [0.4, 0.5) is 0 Å².